The predicted octanol–water partition coefficient (Wildman–Crippen LogP) is 3.57. The first-order valence-corrected chi connectivity index (χ1v) is 9.77. The molecule has 1 atom stereocenters. The fourth-order valence-electron chi connectivity index (χ4n) is 2.80. The third-order valence-electron chi connectivity index (χ3n) is 4.01. The minimum Gasteiger partial charge on any atom is -0.467 e. The standard InChI is InChI=1S/C20H21FN4O3S/c1-20(2,3)22-18(26)17(16-9-6-10-28-16)25(19(27)15-12-29-24-23-15)11-13-7-4-5-8-14(13)21/h4-10,12,17H,11H2,1-3H3,(H,22,26)/t17-/m1/s1. The molecule has 3 rings (SSSR count). The van der Waals surface area contributed by atoms with Crippen LogP contribution in [0.5, 0.6) is 0 Å². The lowest BCUT2D eigenvalue weighted by molar-refractivity contribution is -0.128. The van der Waals surface area contributed by atoms with Crippen molar-refractivity contribution in [3.63, 3.8) is 0 Å². The molecule has 0 aliphatic carbocycles. The zero-order valence-corrected chi connectivity index (χ0v) is 17.1. The monoisotopic (exact) mass is 416 g/mol. The lowest BCUT2D eigenvalue weighted by Gasteiger charge is -2.32. The minimum absolute atomic E-state index is 0.0754. The zero-order chi connectivity index (χ0) is 21.0. The van der Waals surface area contributed by atoms with Crippen molar-refractivity contribution >= 4 is 23.3 Å². The molecule has 0 unspecified atom stereocenters. The summed E-state index contributed by atoms with van der Waals surface area (Å²) in [5.74, 6) is -1.21. The van der Waals surface area contributed by atoms with Gasteiger partial charge in [0.1, 0.15) is 11.6 Å². The van der Waals surface area contributed by atoms with Crippen LogP contribution in [0.2, 0.25) is 0 Å². The molecular formula is C20H21FN4O3S. The van der Waals surface area contributed by atoms with Gasteiger partial charge in [-0.05, 0) is 50.5 Å². The molecule has 0 fully saturated rings. The van der Waals surface area contributed by atoms with Crippen LogP contribution in [0.4, 0.5) is 4.39 Å². The lowest BCUT2D eigenvalue weighted by atomic mass is 10.0. The Balaban J connectivity index is 2.05. The molecule has 0 aliphatic rings. The van der Waals surface area contributed by atoms with Crippen LogP contribution in [0.1, 0.15) is 48.6 Å². The molecule has 9 heteroatoms. The summed E-state index contributed by atoms with van der Waals surface area (Å²) >= 11 is 1.02. The summed E-state index contributed by atoms with van der Waals surface area (Å²) in [6, 6.07) is 8.22. The summed E-state index contributed by atoms with van der Waals surface area (Å²) < 4.78 is 23.5. The van der Waals surface area contributed by atoms with Gasteiger partial charge in [0.05, 0.1) is 12.8 Å². The molecule has 1 N–H and O–H groups in total. The molecule has 3 aromatic rings. The highest BCUT2D eigenvalue weighted by Gasteiger charge is 2.36. The van der Waals surface area contributed by atoms with Crippen molar-refractivity contribution in [1.82, 2.24) is 19.8 Å². The zero-order valence-electron chi connectivity index (χ0n) is 16.3. The van der Waals surface area contributed by atoms with E-state index >= 15 is 0 Å². The van der Waals surface area contributed by atoms with Gasteiger partial charge in [-0.1, -0.05) is 22.7 Å². The number of hydrogen-bond donors (Lipinski definition) is 1. The normalized spacial score (nSPS) is 12.4. The van der Waals surface area contributed by atoms with Crippen molar-refractivity contribution < 1.29 is 18.4 Å². The van der Waals surface area contributed by atoms with Crippen LogP contribution in [0, 0.1) is 5.82 Å². The van der Waals surface area contributed by atoms with Gasteiger partial charge < -0.3 is 14.6 Å². The number of amides is 2. The molecule has 29 heavy (non-hydrogen) atoms. The molecule has 0 spiro atoms. The van der Waals surface area contributed by atoms with Crippen LogP contribution in [-0.2, 0) is 11.3 Å². The Morgan fingerprint density at radius 1 is 1.24 bits per heavy atom. The van der Waals surface area contributed by atoms with Gasteiger partial charge >= 0.3 is 0 Å². The Morgan fingerprint density at radius 3 is 2.59 bits per heavy atom. The largest absolute Gasteiger partial charge is 0.467 e. The van der Waals surface area contributed by atoms with Crippen LogP contribution in [0.15, 0.2) is 52.5 Å². The van der Waals surface area contributed by atoms with Crippen LogP contribution in [-0.4, -0.2) is 31.8 Å². The molecule has 1 aromatic carbocycles. The molecule has 2 aromatic heterocycles. The van der Waals surface area contributed by atoms with Crippen molar-refractivity contribution in [3.8, 4) is 0 Å². The van der Waals surface area contributed by atoms with Gasteiger partial charge in [0, 0.05) is 16.5 Å². The van der Waals surface area contributed by atoms with E-state index in [-0.39, 0.29) is 23.6 Å². The first-order valence-electron chi connectivity index (χ1n) is 8.93. The summed E-state index contributed by atoms with van der Waals surface area (Å²) in [5, 5.41) is 8.17. The molecular weight excluding hydrogens is 395 g/mol. The average Bonchev–Trinajstić information content (AvgIpc) is 3.35. The van der Waals surface area contributed by atoms with E-state index in [0.29, 0.717) is 0 Å². The maximum absolute atomic E-state index is 14.3. The average molecular weight is 416 g/mol. The van der Waals surface area contributed by atoms with Gasteiger partial charge in [0.15, 0.2) is 11.7 Å². The van der Waals surface area contributed by atoms with Crippen LogP contribution >= 0.6 is 11.5 Å². The fourth-order valence-corrected chi connectivity index (χ4v) is 3.23. The molecule has 0 radical (unpaired) electrons. The molecule has 0 bridgehead atoms. The Kier molecular flexibility index (Phi) is 6.07. The quantitative estimate of drug-likeness (QED) is 0.664. The Hall–Kier alpha value is -3.07. The first kappa shape index (κ1) is 20.7. The third kappa shape index (κ3) is 5.05. The van der Waals surface area contributed by atoms with E-state index in [1.165, 1.54) is 22.6 Å². The third-order valence-corrected chi connectivity index (χ3v) is 4.51. The van der Waals surface area contributed by atoms with Crippen LogP contribution in [0.25, 0.3) is 0 Å². The van der Waals surface area contributed by atoms with E-state index in [4.69, 9.17) is 4.42 Å². The van der Waals surface area contributed by atoms with Gasteiger partial charge in [-0.15, -0.1) is 5.10 Å². The van der Waals surface area contributed by atoms with Gasteiger partial charge in [-0.3, -0.25) is 9.59 Å². The molecule has 152 valence electrons. The maximum Gasteiger partial charge on any atom is 0.276 e. The number of nitrogens with one attached hydrogen (secondary N) is 1. The topological polar surface area (TPSA) is 88.3 Å². The van der Waals surface area contributed by atoms with E-state index in [2.05, 4.69) is 14.9 Å². The van der Waals surface area contributed by atoms with E-state index in [1.807, 2.05) is 20.8 Å². The van der Waals surface area contributed by atoms with Gasteiger partial charge in [0.2, 0.25) is 0 Å². The van der Waals surface area contributed by atoms with E-state index in [1.54, 1.807) is 30.3 Å². The van der Waals surface area contributed by atoms with E-state index in [0.717, 1.165) is 11.5 Å². The molecule has 7 nitrogen and oxygen atoms in total. The summed E-state index contributed by atoms with van der Waals surface area (Å²) in [6.45, 7) is 5.35. The molecule has 0 saturated carbocycles. The highest BCUT2D eigenvalue weighted by atomic mass is 32.1. The number of nitrogens with zero attached hydrogens (tertiary/aromatic N) is 3. The summed E-state index contributed by atoms with van der Waals surface area (Å²) in [7, 11) is 0. The van der Waals surface area contributed by atoms with Gasteiger partial charge in [-0.2, -0.15) is 0 Å². The first-order chi connectivity index (χ1) is 13.8. The number of carbonyl (C=O) groups is 2. The number of hydrogen-bond acceptors (Lipinski definition) is 6. The number of furan rings is 1. The minimum atomic E-state index is -1.11. The highest BCUT2D eigenvalue weighted by molar-refractivity contribution is 7.03. The van der Waals surface area contributed by atoms with Crippen LogP contribution < -0.4 is 5.32 Å². The molecule has 2 heterocycles. The van der Waals surface area contributed by atoms with Crippen molar-refractivity contribution in [1.29, 1.82) is 0 Å². The maximum atomic E-state index is 14.3. The van der Waals surface area contributed by atoms with E-state index in [9.17, 15) is 14.0 Å². The highest BCUT2D eigenvalue weighted by Crippen LogP contribution is 2.27. The second-order valence-electron chi connectivity index (χ2n) is 7.47. The predicted molar refractivity (Wildman–Crippen MR) is 106 cm³/mol. The smallest absolute Gasteiger partial charge is 0.276 e. The number of benzene rings is 1. The Bertz CT molecular complexity index is 968. The van der Waals surface area contributed by atoms with Crippen molar-refractivity contribution in [2.75, 3.05) is 0 Å². The number of rotatable bonds is 6. The fraction of sp³-hybridized carbons (Fsp3) is 0.300. The van der Waals surface area contributed by atoms with Crippen molar-refractivity contribution in [2.45, 2.75) is 38.9 Å². The van der Waals surface area contributed by atoms with Gasteiger partial charge in [-0.25, -0.2) is 4.39 Å². The molecule has 2 amide bonds. The van der Waals surface area contributed by atoms with Crippen LogP contribution in [0.3, 0.4) is 0 Å². The second-order valence-corrected chi connectivity index (χ2v) is 8.08. The summed E-state index contributed by atoms with van der Waals surface area (Å²) in [6.07, 6.45) is 1.42. The summed E-state index contributed by atoms with van der Waals surface area (Å²) in [4.78, 5) is 27.6. The number of carbonyl (C=O) groups excluding carboxylic acids is 2. The van der Waals surface area contributed by atoms with Crippen molar-refractivity contribution in [3.05, 3.63) is 70.9 Å². The SMILES string of the molecule is CC(C)(C)NC(=O)[C@@H](c1ccco1)N(Cc1ccccc1F)C(=O)c1csnn1. The van der Waals surface area contributed by atoms with Crippen molar-refractivity contribution in [2.24, 2.45) is 0 Å². The lowest BCUT2D eigenvalue weighted by Crippen LogP contribution is -2.49. The molecule has 0 saturated heterocycles. The van der Waals surface area contributed by atoms with Gasteiger partial charge in [0.25, 0.3) is 11.8 Å². The number of aromatic nitrogens is 2. The number of halogens is 1. The van der Waals surface area contributed by atoms with E-state index < -0.39 is 29.2 Å². The molecule has 0 aliphatic heterocycles. The second kappa shape index (κ2) is 8.52. The summed E-state index contributed by atoms with van der Waals surface area (Å²) in [5.41, 5.74) is -0.202. The Morgan fingerprint density at radius 2 is 2.00 bits per heavy atom. The Labute approximate surface area is 171 Å².